The molecule has 0 aliphatic carbocycles. The third-order valence-corrected chi connectivity index (χ3v) is 6.33. The molecule has 1 aromatic heterocycles. The second-order valence-corrected chi connectivity index (χ2v) is 9.31. The Balaban J connectivity index is 1.67. The monoisotopic (exact) mass is 426 g/mol. The molecule has 0 N–H and O–H groups in total. The molecule has 0 radical (unpaired) electrons. The van der Waals surface area contributed by atoms with Crippen molar-refractivity contribution in [2.45, 2.75) is 20.4 Å². The zero-order valence-electron chi connectivity index (χ0n) is 17.6. The number of rotatable bonds is 8. The number of anilines is 1. The average molecular weight is 427 g/mol. The van der Waals surface area contributed by atoms with E-state index in [1.54, 1.807) is 24.3 Å². The van der Waals surface area contributed by atoms with Crippen molar-refractivity contribution < 1.29 is 17.9 Å². The van der Waals surface area contributed by atoms with Gasteiger partial charge in [0.2, 0.25) is 15.8 Å². The smallest absolute Gasteiger partial charge is 0.231 e. The van der Waals surface area contributed by atoms with Gasteiger partial charge in [-0.15, -0.1) is 0 Å². The zero-order chi connectivity index (χ0) is 21.9. The Kier molecular flexibility index (Phi) is 6.31. The number of Topliss-reactive ketones (excluding diaryl/α,β-unsaturated/α-hetero) is 1. The highest BCUT2D eigenvalue weighted by Crippen LogP contribution is 2.21. The molecule has 1 heterocycles. The first-order valence-electron chi connectivity index (χ1n) is 9.57. The minimum absolute atomic E-state index is 0.0864. The first-order chi connectivity index (χ1) is 14.2. The normalized spacial score (nSPS) is 11.3. The molecule has 0 fully saturated rings. The summed E-state index contributed by atoms with van der Waals surface area (Å²) in [6.45, 7) is 4.56. The van der Waals surface area contributed by atoms with Crippen LogP contribution in [-0.4, -0.2) is 38.7 Å². The van der Waals surface area contributed by atoms with Gasteiger partial charge in [0.25, 0.3) is 0 Å². The van der Waals surface area contributed by atoms with Crippen LogP contribution in [0.25, 0.3) is 0 Å². The molecule has 0 atom stereocenters. The van der Waals surface area contributed by atoms with Gasteiger partial charge in [-0.1, -0.05) is 30.3 Å². The summed E-state index contributed by atoms with van der Waals surface area (Å²) in [7, 11) is -1.84. The van der Waals surface area contributed by atoms with Crippen LogP contribution < -0.4 is 9.04 Å². The van der Waals surface area contributed by atoms with Gasteiger partial charge in [-0.3, -0.25) is 9.10 Å². The molecular weight excluding hydrogens is 400 g/mol. The molecule has 6 nitrogen and oxygen atoms in total. The van der Waals surface area contributed by atoms with E-state index in [-0.39, 0.29) is 12.4 Å². The molecule has 30 heavy (non-hydrogen) atoms. The molecule has 0 unspecified atom stereocenters. The fraction of sp³-hybridized carbons (Fsp3) is 0.261. The first kappa shape index (κ1) is 21.6. The third-order valence-electron chi connectivity index (χ3n) is 5.13. The maximum Gasteiger partial charge on any atom is 0.231 e. The quantitative estimate of drug-likeness (QED) is 0.514. The van der Waals surface area contributed by atoms with Crippen molar-refractivity contribution in [1.29, 1.82) is 0 Å². The largest absolute Gasteiger partial charge is 0.485 e. The zero-order valence-corrected chi connectivity index (χ0v) is 18.4. The Hall–Kier alpha value is -3.06. The van der Waals surface area contributed by atoms with Crippen LogP contribution in [0.15, 0.2) is 60.7 Å². The standard InChI is InChI=1S/C23H26N2O4S/c1-17-14-22(18(2)25(17)15-19-8-6-5-7-9-19)23(26)16-29-21-12-10-20(11-13-21)24(3)30(4,27)28/h5-14H,15-16H2,1-4H3. The van der Waals surface area contributed by atoms with Gasteiger partial charge in [0.15, 0.2) is 6.61 Å². The lowest BCUT2D eigenvalue weighted by atomic mass is 10.1. The van der Waals surface area contributed by atoms with Crippen molar-refractivity contribution in [3.05, 3.63) is 83.2 Å². The van der Waals surface area contributed by atoms with Gasteiger partial charge < -0.3 is 9.30 Å². The Morgan fingerprint density at radius 2 is 1.67 bits per heavy atom. The number of ketones is 1. The number of hydrogen-bond acceptors (Lipinski definition) is 4. The average Bonchev–Trinajstić information content (AvgIpc) is 3.00. The molecule has 2 aromatic carbocycles. The Morgan fingerprint density at radius 1 is 1.03 bits per heavy atom. The lowest BCUT2D eigenvalue weighted by Gasteiger charge is -2.16. The van der Waals surface area contributed by atoms with Gasteiger partial charge in [0.05, 0.1) is 11.9 Å². The van der Waals surface area contributed by atoms with E-state index in [1.807, 2.05) is 38.1 Å². The van der Waals surface area contributed by atoms with E-state index in [9.17, 15) is 13.2 Å². The summed E-state index contributed by atoms with van der Waals surface area (Å²) in [5.74, 6) is 0.409. The van der Waals surface area contributed by atoms with Crippen molar-refractivity contribution >= 4 is 21.5 Å². The fourth-order valence-corrected chi connectivity index (χ4v) is 3.77. The summed E-state index contributed by atoms with van der Waals surface area (Å²) in [4.78, 5) is 12.7. The van der Waals surface area contributed by atoms with Gasteiger partial charge in [-0.05, 0) is 49.7 Å². The van der Waals surface area contributed by atoms with Crippen LogP contribution in [0.5, 0.6) is 5.75 Å². The Bertz CT molecular complexity index is 1130. The highest BCUT2D eigenvalue weighted by Gasteiger charge is 2.17. The maximum absolute atomic E-state index is 12.7. The number of hydrogen-bond donors (Lipinski definition) is 0. The number of carbonyl (C=O) groups is 1. The SMILES string of the molecule is Cc1cc(C(=O)COc2ccc(N(C)S(C)(=O)=O)cc2)c(C)n1Cc1ccccc1. The van der Waals surface area contributed by atoms with Crippen molar-refractivity contribution in [3.63, 3.8) is 0 Å². The number of benzene rings is 2. The molecular formula is C23H26N2O4S. The van der Waals surface area contributed by atoms with Gasteiger partial charge in [-0.2, -0.15) is 0 Å². The summed E-state index contributed by atoms with van der Waals surface area (Å²) in [5.41, 5.74) is 4.29. The van der Waals surface area contributed by atoms with Gasteiger partial charge >= 0.3 is 0 Å². The maximum atomic E-state index is 12.7. The van der Waals surface area contributed by atoms with E-state index in [0.29, 0.717) is 23.5 Å². The fourth-order valence-electron chi connectivity index (χ4n) is 3.26. The van der Waals surface area contributed by atoms with Crippen molar-refractivity contribution in [2.24, 2.45) is 0 Å². The van der Waals surface area contributed by atoms with Gasteiger partial charge in [0.1, 0.15) is 5.75 Å². The van der Waals surface area contributed by atoms with E-state index in [0.717, 1.165) is 17.6 Å². The van der Waals surface area contributed by atoms with E-state index < -0.39 is 10.0 Å². The van der Waals surface area contributed by atoms with E-state index in [2.05, 4.69) is 16.7 Å². The molecule has 0 spiro atoms. The van der Waals surface area contributed by atoms with Crippen molar-refractivity contribution in [1.82, 2.24) is 4.57 Å². The molecule has 7 heteroatoms. The minimum Gasteiger partial charge on any atom is -0.485 e. The van der Waals surface area contributed by atoms with Crippen LogP contribution in [0, 0.1) is 13.8 Å². The highest BCUT2D eigenvalue weighted by atomic mass is 32.2. The lowest BCUT2D eigenvalue weighted by molar-refractivity contribution is 0.0921. The molecule has 0 aliphatic rings. The predicted molar refractivity (Wildman–Crippen MR) is 119 cm³/mol. The van der Waals surface area contributed by atoms with Gasteiger partial charge in [0, 0.05) is 30.5 Å². The van der Waals surface area contributed by atoms with Crippen molar-refractivity contribution in [2.75, 3.05) is 24.2 Å². The first-order valence-corrected chi connectivity index (χ1v) is 11.4. The van der Waals surface area contributed by atoms with E-state index in [1.165, 1.54) is 16.9 Å². The molecule has 0 saturated carbocycles. The number of aryl methyl sites for hydroxylation is 1. The highest BCUT2D eigenvalue weighted by molar-refractivity contribution is 7.92. The second kappa shape index (κ2) is 8.75. The lowest BCUT2D eigenvalue weighted by Crippen LogP contribution is -2.24. The number of sulfonamides is 1. The Morgan fingerprint density at radius 3 is 2.27 bits per heavy atom. The van der Waals surface area contributed by atoms with Gasteiger partial charge in [-0.25, -0.2) is 8.42 Å². The summed E-state index contributed by atoms with van der Waals surface area (Å²) in [5, 5.41) is 0. The molecule has 3 aromatic rings. The van der Waals surface area contributed by atoms with E-state index in [4.69, 9.17) is 4.74 Å². The number of nitrogens with zero attached hydrogens (tertiary/aromatic N) is 2. The van der Waals surface area contributed by atoms with Crippen LogP contribution in [0.4, 0.5) is 5.69 Å². The number of ether oxygens (including phenoxy) is 1. The molecule has 0 saturated heterocycles. The summed E-state index contributed by atoms with van der Waals surface area (Å²) in [6, 6.07) is 18.6. The van der Waals surface area contributed by atoms with Crippen LogP contribution in [0.2, 0.25) is 0 Å². The van der Waals surface area contributed by atoms with Crippen molar-refractivity contribution in [3.8, 4) is 5.75 Å². The predicted octanol–water partition coefficient (Wildman–Crippen LogP) is 3.81. The Labute approximate surface area is 177 Å². The van der Waals surface area contributed by atoms with Crippen LogP contribution in [0.1, 0.15) is 27.3 Å². The number of carbonyl (C=O) groups excluding carboxylic acids is 1. The van der Waals surface area contributed by atoms with Crippen LogP contribution in [0.3, 0.4) is 0 Å². The van der Waals surface area contributed by atoms with Crippen LogP contribution >= 0.6 is 0 Å². The summed E-state index contributed by atoms with van der Waals surface area (Å²) in [6.07, 6.45) is 1.14. The summed E-state index contributed by atoms with van der Waals surface area (Å²) >= 11 is 0. The molecule has 0 amide bonds. The number of aromatic nitrogens is 1. The third kappa shape index (κ3) is 4.91. The molecule has 0 aliphatic heterocycles. The molecule has 158 valence electrons. The summed E-state index contributed by atoms with van der Waals surface area (Å²) < 4.78 is 32.2. The molecule has 0 bridgehead atoms. The topological polar surface area (TPSA) is 68.6 Å². The minimum atomic E-state index is -3.32. The molecule has 3 rings (SSSR count). The second-order valence-electron chi connectivity index (χ2n) is 7.29. The van der Waals surface area contributed by atoms with E-state index >= 15 is 0 Å². The van der Waals surface area contributed by atoms with Crippen LogP contribution in [-0.2, 0) is 16.6 Å².